The highest BCUT2D eigenvalue weighted by molar-refractivity contribution is 7.98. The van der Waals surface area contributed by atoms with Crippen molar-refractivity contribution in [2.75, 3.05) is 12.3 Å². The Balaban J connectivity index is 1.41. The molecule has 1 aliphatic rings. The van der Waals surface area contributed by atoms with E-state index >= 15 is 0 Å². The molecule has 0 spiro atoms. The number of hydrogen-bond donors (Lipinski definition) is 1. The van der Waals surface area contributed by atoms with Crippen molar-refractivity contribution in [1.29, 1.82) is 0 Å². The Kier molecular flexibility index (Phi) is 6.93. The molecule has 3 rings (SSSR count). The Labute approximate surface area is 158 Å². The van der Waals surface area contributed by atoms with Crippen molar-refractivity contribution in [2.24, 2.45) is 0 Å². The summed E-state index contributed by atoms with van der Waals surface area (Å²) in [6, 6.07) is 7.96. The van der Waals surface area contributed by atoms with E-state index in [2.05, 4.69) is 24.4 Å². The maximum atomic E-state index is 12.2. The topological polar surface area (TPSA) is 42.0 Å². The van der Waals surface area contributed by atoms with E-state index in [1.165, 1.54) is 40.4 Å². The van der Waals surface area contributed by atoms with Gasteiger partial charge in [-0.1, -0.05) is 19.1 Å². The zero-order chi connectivity index (χ0) is 17.5. The molecular weight excluding hydrogens is 348 g/mol. The second-order valence-electron chi connectivity index (χ2n) is 6.38. The monoisotopic (exact) mass is 374 g/mol. The van der Waals surface area contributed by atoms with Gasteiger partial charge in [-0.05, 0) is 55.6 Å². The Bertz CT molecular complexity index is 671. The SMILES string of the molecule is CCSCc1ccc(C(=O)NCCCc2nc3c(s2)CCCC3)cc1. The van der Waals surface area contributed by atoms with E-state index in [4.69, 9.17) is 4.98 Å². The minimum absolute atomic E-state index is 0.0214. The van der Waals surface area contributed by atoms with Gasteiger partial charge in [0.2, 0.25) is 0 Å². The van der Waals surface area contributed by atoms with Crippen molar-refractivity contribution in [2.45, 2.75) is 51.2 Å². The number of thiazole rings is 1. The normalized spacial score (nSPS) is 13.5. The maximum absolute atomic E-state index is 12.2. The summed E-state index contributed by atoms with van der Waals surface area (Å²) in [5.74, 6) is 2.15. The van der Waals surface area contributed by atoms with Crippen molar-refractivity contribution in [3.63, 3.8) is 0 Å². The van der Waals surface area contributed by atoms with Crippen molar-refractivity contribution in [3.8, 4) is 0 Å². The molecule has 1 aromatic carbocycles. The number of aryl methyl sites for hydroxylation is 3. The summed E-state index contributed by atoms with van der Waals surface area (Å²) in [6.07, 6.45) is 6.85. The summed E-state index contributed by atoms with van der Waals surface area (Å²) in [5, 5.41) is 4.26. The lowest BCUT2D eigenvalue weighted by atomic mass is 10.0. The van der Waals surface area contributed by atoms with E-state index < -0.39 is 0 Å². The quantitative estimate of drug-likeness (QED) is 0.685. The zero-order valence-corrected chi connectivity index (χ0v) is 16.5. The van der Waals surface area contributed by atoms with E-state index in [0.717, 1.165) is 36.3 Å². The molecule has 0 fully saturated rings. The van der Waals surface area contributed by atoms with Gasteiger partial charge in [0.15, 0.2) is 0 Å². The van der Waals surface area contributed by atoms with E-state index in [0.29, 0.717) is 6.54 Å². The van der Waals surface area contributed by atoms with Crippen LogP contribution >= 0.6 is 23.1 Å². The fourth-order valence-electron chi connectivity index (χ4n) is 3.03. The first-order valence-corrected chi connectivity index (χ1v) is 11.2. The molecule has 0 unspecified atom stereocenters. The average Bonchev–Trinajstić information content (AvgIpc) is 3.06. The Morgan fingerprint density at radius 3 is 2.80 bits per heavy atom. The van der Waals surface area contributed by atoms with Crippen molar-refractivity contribution in [1.82, 2.24) is 10.3 Å². The molecule has 0 atom stereocenters. The van der Waals surface area contributed by atoms with Gasteiger partial charge in [-0.2, -0.15) is 11.8 Å². The number of carbonyl (C=O) groups excluding carboxylic acids is 1. The summed E-state index contributed by atoms with van der Waals surface area (Å²) >= 11 is 3.77. The van der Waals surface area contributed by atoms with E-state index in [1.54, 1.807) is 0 Å². The number of benzene rings is 1. The number of amides is 1. The van der Waals surface area contributed by atoms with Crippen LogP contribution in [0.25, 0.3) is 0 Å². The van der Waals surface area contributed by atoms with Crippen LogP contribution in [0.15, 0.2) is 24.3 Å². The molecule has 0 saturated heterocycles. The Morgan fingerprint density at radius 1 is 1.24 bits per heavy atom. The van der Waals surface area contributed by atoms with Gasteiger partial charge in [0, 0.05) is 29.2 Å². The Morgan fingerprint density at radius 2 is 2.04 bits per heavy atom. The number of rotatable bonds is 8. The Hall–Kier alpha value is -1.33. The smallest absolute Gasteiger partial charge is 0.251 e. The molecule has 1 aliphatic carbocycles. The lowest BCUT2D eigenvalue weighted by Crippen LogP contribution is -2.24. The first kappa shape index (κ1) is 18.5. The summed E-state index contributed by atoms with van der Waals surface area (Å²) in [6.45, 7) is 2.87. The third-order valence-electron chi connectivity index (χ3n) is 4.43. The van der Waals surface area contributed by atoms with Gasteiger partial charge in [0.05, 0.1) is 10.7 Å². The van der Waals surface area contributed by atoms with Crippen LogP contribution in [-0.2, 0) is 25.0 Å². The predicted octanol–water partition coefficient (Wildman–Crippen LogP) is 4.64. The molecule has 25 heavy (non-hydrogen) atoms. The fraction of sp³-hybridized carbons (Fsp3) is 0.500. The third-order valence-corrected chi connectivity index (χ3v) is 6.59. The summed E-state index contributed by atoms with van der Waals surface area (Å²) in [4.78, 5) is 18.5. The van der Waals surface area contributed by atoms with Gasteiger partial charge < -0.3 is 5.32 Å². The summed E-state index contributed by atoms with van der Waals surface area (Å²) in [5.41, 5.74) is 3.35. The molecule has 1 heterocycles. The molecule has 3 nitrogen and oxygen atoms in total. The number of thioether (sulfide) groups is 1. The number of aromatic nitrogens is 1. The molecule has 134 valence electrons. The lowest BCUT2D eigenvalue weighted by molar-refractivity contribution is 0.0953. The van der Waals surface area contributed by atoms with Crippen LogP contribution in [0, 0.1) is 0 Å². The highest BCUT2D eigenvalue weighted by Gasteiger charge is 2.14. The van der Waals surface area contributed by atoms with Crippen molar-refractivity contribution < 1.29 is 4.79 Å². The van der Waals surface area contributed by atoms with Gasteiger partial charge in [0.25, 0.3) is 5.91 Å². The number of carbonyl (C=O) groups is 1. The molecule has 5 heteroatoms. The minimum Gasteiger partial charge on any atom is -0.352 e. The second kappa shape index (κ2) is 9.39. The van der Waals surface area contributed by atoms with Crippen LogP contribution in [0.2, 0.25) is 0 Å². The third kappa shape index (κ3) is 5.32. The van der Waals surface area contributed by atoms with Gasteiger partial charge in [0.1, 0.15) is 0 Å². The van der Waals surface area contributed by atoms with Gasteiger partial charge in [-0.25, -0.2) is 4.98 Å². The minimum atomic E-state index is 0.0214. The standard InChI is InChI=1S/C20H26N2OS2/c1-2-24-14-15-9-11-16(12-10-15)20(23)21-13-5-8-19-22-17-6-3-4-7-18(17)25-19/h9-12H,2-8,13-14H2,1H3,(H,21,23). The molecular formula is C20H26N2OS2. The molecule has 1 N–H and O–H groups in total. The van der Waals surface area contributed by atoms with Gasteiger partial charge in [-0.3, -0.25) is 4.79 Å². The summed E-state index contributed by atoms with van der Waals surface area (Å²) in [7, 11) is 0. The maximum Gasteiger partial charge on any atom is 0.251 e. The first-order valence-electron chi connectivity index (χ1n) is 9.18. The molecule has 0 aliphatic heterocycles. The van der Waals surface area contributed by atoms with Crippen LogP contribution < -0.4 is 5.32 Å². The van der Waals surface area contributed by atoms with Gasteiger partial charge >= 0.3 is 0 Å². The van der Waals surface area contributed by atoms with Crippen LogP contribution in [0.3, 0.4) is 0 Å². The largest absolute Gasteiger partial charge is 0.352 e. The lowest BCUT2D eigenvalue weighted by Gasteiger charge is -2.06. The van der Waals surface area contributed by atoms with Crippen molar-refractivity contribution in [3.05, 3.63) is 51.0 Å². The number of fused-ring (bicyclic) bond motifs is 1. The number of nitrogens with zero attached hydrogens (tertiary/aromatic N) is 1. The average molecular weight is 375 g/mol. The first-order chi connectivity index (χ1) is 12.3. The van der Waals surface area contributed by atoms with Crippen LogP contribution in [0.1, 0.15) is 57.7 Å². The van der Waals surface area contributed by atoms with E-state index in [9.17, 15) is 4.79 Å². The second-order valence-corrected chi connectivity index (χ2v) is 8.82. The fourth-order valence-corrected chi connectivity index (χ4v) is 4.86. The summed E-state index contributed by atoms with van der Waals surface area (Å²) < 4.78 is 0. The van der Waals surface area contributed by atoms with E-state index in [1.807, 2.05) is 35.2 Å². The van der Waals surface area contributed by atoms with Gasteiger partial charge in [-0.15, -0.1) is 11.3 Å². The number of hydrogen-bond acceptors (Lipinski definition) is 4. The van der Waals surface area contributed by atoms with Crippen LogP contribution in [-0.4, -0.2) is 23.2 Å². The molecule has 0 radical (unpaired) electrons. The van der Waals surface area contributed by atoms with E-state index in [-0.39, 0.29) is 5.91 Å². The molecule has 0 saturated carbocycles. The van der Waals surface area contributed by atoms with Crippen LogP contribution in [0.5, 0.6) is 0 Å². The predicted molar refractivity (Wildman–Crippen MR) is 108 cm³/mol. The highest BCUT2D eigenvalue weighted by Crippen LogP contribution is 2.27. The molecule has 1 amide bonds. The zero-order valence-electron chi connectivity index (χ0n) is 14.8. The highest BCUT2D eigenvalue weighted by atomic mass is 32.2. The van der Waals surface area contributed by atoms with Crippen LogP contribution in [0.4, 0.5) is 0 Å². The van der Waals surface area contributed by atoms with Crippen molar-refractivity contribution >= 4 is 29.0 Å². The molecule has 1 aromatic heterocycles. The molecule has 0 bridgehead atoms. The molecule has 2 aromatic rings. The number of nitrogens with one attached hydrogen (secondary N) is 1.